The second-order valence-electron chi connectivity index (χ2n) is 4.53. The normalized spacial score (nSPS) is 12.6. The Balaban J connectivity index is 2.24. The van der Waals surface area contributed by atoms with Crippen LogP contribution in [0, 0.1) is 13.8 Å². The third kappa shape index (κ3) is 2.73. The van der Waals surface area contributed by atoms with Gasteiger partial charge in [0, 0.05) is 29.6 Å². The molecule has 0 fully saturated rings. The molecule has 2 rings (SSSR count). The van der Waals surface area contributed by atoms with E-state index in [1.54, 1.807) is 0 Å². The van der Waals surface area contributed by atoms with Crippen molar-refractivity contribution in [1.82, 2.24) is 19.9 Å². The van der Waals surface area contributed by atoms with Crippen LogP contribution >= 0.6 is 0 Å². The molecule has 0 radical (unpaired) electrons. The number of hydrogen-bond acceptors (Lipinski definition) is 5. The van der Waals surface area contributed by atoms with Crippen LogP contribution in [0.15, 0.2) is 12.3 Å². The number of hydrogen-bond donors (Lipinski definition) is 1. The number of carbonyl (C=O) groups is 1. The molecule has 19 heavy (non-hydrogen) atoms. The fourth-order valence-corrected chi connectivity index (χ4v) is 2.02. The first kappa shape index (κ1) is 13.5. The van der Waals surface area contributed by atoms with E-state index in [1.165, 1.54) is 7.11 Å². The van der Waals surface area contributed by atoms with Gasteiger partial charge < -0.3 is 10.1 Å². The second-order valence-corrected chi connectivity index (χ2v) is 4.53. The Kier molecular flexibility index (Phi) is 3.80. The SMILES string of the molecule is COC(=O)CNC(C)c1cnc2cc(C)nn2c1C. The first-order valence-electron chi connectivity index (χ1n) is 6.15. The molecule has 0 spiro atoms. The Bertz CT molecular complexity index is 606. The van der Waals surface area contributed by atoms with E-state index in [0.717, 1.165) is 22.6 Å². The van der Waals surface area contributed by atoms with Crippen LogP contribution in [-0.4, -0.2) is 34.2 Å². The van der Waals surface area contributed by atoms with E-state index in [2.05, 4.69) is 20.1 Å². The highest BCUT2D eigenvalue weighted by Gasteiger charge is 2.13. The number of nitrogens with zero attached hydrogens (tertiary/aromatic N) is 3. The number of carbonyl (C=O) groups excluding carboxylic acids is 1. The van der Waals surface area contributed by atoms with Crippen LogP contribution in [0.2, 0.25) is 0 Å². The van der Waals surface area contributed by atoms with Crippen molar-refractivity contribution in [2.45, 2.75) is 26.8 Å². The van der Waals surface area contributed by atoms with Gasteiger partial charge in [0.15, 0.2) is 5.65 Å². The van der Waals surface area contributed by atoms with Gasteiger partial charge in [0.25, 0.3) is 0 Å². The molecule has 1 atom stereocenters. The number of fused-ring (bicyclic) bond motifs is 1. The molecule has 6 heteroatoms. The van der Waals surface area contributed by atoms with Gasteiger partial charge in [-0.1, -0.05) is 0 Å². The molecule has 1 unspecified atom stereocenters. The summed E-state index contributed by atoms with van der Waals surface area (Å²) in [6, 6.07) is 1.93. The molecule has 2 aromatic heterocycles. The van der Waals surface area contributed by atoms with Gasteiger partial charge in [0.2, 0.25) is 0 Å². The zero-order valence-corrected chi connectivity index (χ0v) is 11.6. The minimum atomic E-state index is -0.284. The van der Waals surface area contributed by atoms with Crippen molar-refractivity contribution < 1.29 is 9.53 Å². The number of nitrogens with one attached hydrogen (secondary N) is 1. The van der Waals surface area contributed by atoms with Gasteiger partial charge in [0.05, 0.1) is 19.3 Å². The fourth-order valence-electron chi connectivity index (χ4n) is 2.02. The minimum Gasteiger partial charge on any atom is -0.468 e. The summed E-state index contributed by atoms with van der Waals surface area (Å²) in [5.74, 6) is -0.284. The molecule has 0 aromatic carbocycles. The number of ether oxygens (including phenoxy) is 1. The summed E-state index contributed by atoms with van der Waals surface area (Å²) in [5, 5.41) is 7.51. The number of esters is 1. The van der Waals surface area contributed by atoms with E-state index < -0.39 is 0 Å². The largest absolute Gasteiger partial charge is 0.468 e. The average Bonchev–Trinajstić information content (AvgIpc) is 2.77. The molecule has 2 aromatic rings. The van der Waals surface area contributed by atoms with E-state index in [1.807, 2.05) is 37.5 Å². The van der Waals surface area contributed by atoms with E-state index in [9.17, 15) is 4.79 Å². The Hall–Kier alpha value is -1.95. The molecule has 0 saturated carbocycles. The van der Waals surface area contributed by atoms with E-state index in [4.69, 9.17) is 0 Å². The van der Waals surface area contributed by atoms with Crippen LogP contribution in [0.25, 0.3) is 5.65 Å². The number of rotatable bonds is 4. The zero-order chi connectivity index (χ0) is 14.0. The molecular weight excluding hydrogens is 244 g/mol. The summed E-state index contributed by atoms with van der Waals surface area (Å²) in [5.41, 5.74) is 3.80. The molecule has 6 nitrogen and oxygen atoms in total. The quantitative estimate of drug-likeness (QED) is 0.838. The van der Waals surface area contributed by atoms with E-state index in [0.29, 0.717) is 0 Å². The maximum Gasteiger partial charge on any atom is 0.319 e. The molecule has 0 amide bonds. The summed E-state index contributed by atoms with van der Waals surface area (Å²) in [4.78, 5) is 15.5. The Morgan fingerprint density at radius 1 is 1.53 bits per heavy atom. The minimum absolute atomic E-state index is 0.000469. The molecule has 102 valence electrons. The maximum atomic E-state index is 11.1. The van der Waals surface area contributed by atoms with Crippen LogP contribution in [0.1, 0.15) is 29.9 Å². The molecule has 0 aliphatic heterocycles. The second kappa shape index (κ2) is 5.36. The van der Waals surface area contributed by atoms with E-state index in [-0.39, 0.29) is 18.6 Å². The highest BCUT2D eigenvalue weighted by molar-refractivity contribution is 5.71. The smallest absolute Gasteiger partial charge is 0.319 e. The summed E-state index contributed by atoms with van der Waals surface area (Å²) in [6.45, 7) is 6.09. The topological polar surface area (TPSA) is 68.5 Å². The molecule has 2 heterocycles. The van der Waals surface area contributed by atoms with Crippen LogP contribution in [-0.2, 0) is 9.53 Å². The third-order valence-corrected chi connectivity index (χ3v) is 3.13. The van der Waals surface area contributed by atoms with E-state index >= 15 is 0 Å². The summed E-state index contributed by atoms with van der Waals surface area (Å²) >= 11 is 0. The van der Waals surface area contributed by atoms with Crippen molar-refractivity contribution in [2.24, 2.45) is 0 Å². The molecule has 0 aliphatic rings. The van der Waals surface area contributed by atoms with Gasteiger partial charge >= 0.3 is 5.97 Å². The molecule has 1 N–H and O–H groups in total. The number of aryl methyl sites for hydroxylation is 2. The van der Waals surface area contributed by atoms with Gasteiger partial charge in [-0.15, -0.1) is 0 Å². The average molecular weight is 262 g/mol. The highest BCUT2D eigenvalue weighted by atomic mass is 16.5. The van der Waals surface area contributed by atoms with Gasteiger partial charge in [-0.2, -0.15) is 5.10 Å². The van der Waals surface area contributed by atoms with Gasteiger partial charge in [-0.05, 0) is 20.8 Å². The lowest BCUT2D eigenvalue weighted by atomic mass is 10.1. The van der Waals surface area contributed by atoms with Crippen molar-refractivity contribution >= 4 is 11.6 Å². The summed E-state index contributed by atoms with van der Waals surface area (Å²) in [7, 11) is 1.38. The van der Waals surface area contributed by atoms with Crippen molar-refractivity contribution in [2.75, 3.05) is 13.7 Å². The zero-order valence-electron chi connectivity index (χ0n) is 11.6. The first-order chi connectivity index (χ1) is 9.02. The fraction of sp³-hybridized carbons (Fsp3) is 0.462. The van der Waals surface area contributed by atoms with Gasteiger partial charge in [-0.25, -0.2) is 9.50 Å². The molecule has 0 aliphatic carbocycles. The van der Waals surface area contributed by atoms with Crippen LogP contribution in [0.5, 0.6) is 0 Å². The molecule has 0 bridgehead atoms. The van der Waals surface area contributed by atoms with Gasteiger partial charge in [0.1, 0.15) is 0 Å². The van der Waals surface area contributed by atoms with Crippen molar-refractivity contribution in [3.8, 4) is 0 Å². The first-order valence-corrected chi connectivity index (χ1v) is 6.15. The Labute approximate surface area is 111 Å². The lowest BCUT2D eigenvalue weighted by Gasteiger charge is -2.15. The van der Waals surface area contributed by atoms with Crippen LogP contribution in [0.4, 0.5) is 0 Å². The Morgan fingerprint density at radius 2 is 2.26 bits per heavy atom. The predicted octanol–water partition coefficient (Wildman–Crippen LogP) is 1.17. The van der Waals surface area contributed by atoms with Crippen molar-refractivity contribution in [3.05, 3.63) is 29.2 Å². The monoisotopic (exact) mass is 262 g/mol. The number of methoxy groups -OCH3 is 1. The van der Waals surface area contributed by atoms with Crippen LogP contribution in [0.3, 0.4) is 0 Å². The standard InChI is InChI=1S/C13H18N4O2/c1-8-5-12-15-6-11(10(3)17(12)16-8)9(2)14-7-13(18)19-4/h5-6,9,14H,7H2,1-4H3. The lowest BCUT2D eigenvalue weighted by Crippen LogP contribution is -2.27. The molecular formula is C13H18N4O2. The molecule has 0 saturated heterocycles. The number of aromatic nitrogens is 3. The Morgan fingerprint density at radius 3 is 2.95 bits per heavy atom. The lowest BCUT2D eigenvalue weighted by molar-refractivity contribution is -0.139. The summed E-state index contributed by atoms with van der Waals surface area (Å²) in [6.07, 6.45) is 1.82. The predicted molar refractivity (Wildman–Crippen MR) is 70.9 cm³/mol. The van der Waals surface area contributed by atoms with Crippen LogP contribution < -0.4 is 5.32 Å². The van der Waals surface area contributed by atoms with Crippen molar-refractivity contribution in [1.29, 1.82) is 0 Å². The van der Waals surface area contributed by atoms with Gasteiger partial charge in [-0.3, -0.25) is 4.79 Å². The van der Waals surface area contributed by atoms with Crippen molar-refractivity contribution in [3.63, 3.8) is 0 Å². The summed E-state index contributed by atoms with van der Waals surface area (Å²) < 4.78 is 6.43. The highest BCUT2D eigenvalue weighted by Crippen LogP contribution is 2.17. The third-order valence-electron chi connectivity index (χ3n) is 3.13. The maximum absolute atomic E-state index is 11.1.